The molecule has 0 aliphatic rings. The number of benzene rings is 1. The van der Waals surface area contributed by atoms with Crippen LogP contribution < -0.4 is 0 Å². The molecule has 0 aromatic heterocycles. The number of thiocyanates is 1. The van der Waals surface area contributed by atoms with Crippen molar-refractivity contribution in [3.05, 3.63) is 33.8 Å². The molecule has 86 valence electrons. The van der Waals surface area contributed by atoms with Gasteiger partial charge in [-0.25, -0.2) is 0 Å². The van der Waals surface area contributed by atoms with Crippen LogP contribution in [0.5, 0.6) is 0 Å². The van der Waals surface area contributed by atoms with E-state index in [4.69, 9.17) is 5.26 Å². The minimum Gasteiger partial charge on any atom is -0.185 e. The molecule has 0 fully saturated rings. The number of thioether (sulfide) groups is 1. The summed E-state index contributed by atoms with van der Waals surface area (Å²) >= 11 is 4.93. The summed E-state index contributed by atoms with van der Waals surface area (Å²) in [5, 5.41) is 10.6. The molecule has 16 heavy (non-hydrogen) atoms. The van der Waals surface area contributed by atoms with Gasteiger partial charge in [-0.2, -0.15) is 5.26 Å². The zero-order chi connectivity index (χ0) is 12.0. The van der Waals surface area contributed by atoms with E-state index in [1.54, 1.807) is 0 Å². The van der Waals surface area contributed by atoms with Crippen LogP contribution in [-0.4, -0.2) is 5.75 Å². The van der Waals surface area contributed by atoms with Crippen LogP contribution in [-0.2, 0) is 12.8 Å². The third-order valence-corrected chi connectivity index (χ3v) is 4.12. The molecule has 0 heterocycles. The van der Waals surface area contributed by atoms with E-state index in [1.807, 2.05) is 0 Å². The average Bonchev–Trinajstić information content (AvgIpc) is 2.26. The average molecular weight is 298 g/mol. The number of hydrogen-bond donors (Lipinski definition) is 0. The molecule has 1 unspecified atom stereocenters. The minimum absolute atomic E-state index is 0.545. The van der Waals surface area contributed by atoms with Gasteiger partial charge in [-0.05, 0) is 47.7 Å². The lowest BCUT2D eigenvalue weighted by Crippen LogP contribution is -2.02. The third kappa shape index (κ3) is 4.19. The highest BCUT2D eigenvalue weighted by molar-refractivity contribution is 9.10. The van der Waals surface area contributed by atoms with Crippen molar-refractivity contribution in [3.8, 4) is 5.40 Å². The van der Waals surface area contributed by atoms with Gasteiger partial charge < -0.3 is 0 Å². The molecule has 1 aromatic carbocycles. The van der Waals surface area contributed by atoms with Crippen molar-refractivity contribution < 1.29 is 0 Å². The molecule has 0 spiro atoms. The Morgan fingerprint density at radius 3 is 2.81 bits per heavy atom. The first-order chi connectivity index (χ1) is 7.67. The van der Waals surface area contributed by atoms with Gasteiger partial charge in [-0.3, -0.25) is 0 Å². The third-order valence-electron chi connectivity index (χ3n) is 2.51. The molecule has 0 bridgehead atoms. The van der Waals surface area contributed by atoms with Crippen LogP contribution in [0.25, 0.3) is 0 Å². The number of nitrogens with zero attached hydrogens (tertiary/aromatic N) is 1. The summed E-state index contributed by atoms with van der Waals surface area (Å²) in [6.07, 6.45) is 2.10. The lowest BCUT2D eigenvalue weighted by atomic mass is 10.0. The van der Waals surface area contributed by atoms with Gasteiger partial charge in [0.15, 0.2) is 0 Å². The first-order valence-corrected chi connectivity index (χ1v) is 7.23. The molecule has 1 nitrogen and oxygen atoms in total. The van der Waals surface area contributed by atoms with Gasteiger partial charge in [0.05, 0.1) is 0 Å². The topological polar surface area (TPSA) is 23.8 Å². The van der Waals surface area contributed by atoms with Crippen molar-refractivity contribution in [2.45, 2.75) is 26.7 Å². The van der Waals surface area contributed by atoms with Gasteiger partial charge in [0.1, 0.15) is 5.40 Å². The Hall–Kier alpha value is -0.460. The number of hydrogen-bond acceptors (Lipinski definition) is 2. The molecule has 3 heteroatoms. The van der Waals surface area contributed by atoms with Crippen molar-refractivity contribution in [1.29, 1.82) is 5.26 Å². The molecule has 1 atom stereocenters. The van der Waals surface area contributed by atoms with E-state index in [0.717, 1.165) is 18.6 Å². The van der Waals surface area contributed by atoms with Crippen LogP contribution >= 0.6 is 27.7 Å². The van der Waals surface area contributed by atoms with E-state index >= 15 is 0 Å². The molecule has 0 saturated heterocycles. The highest BCUT2D eigenvalue weighted by Gasteiger charge is 2.05. The van der Waals surface area contributed by atoms with Crippen LogP contribution in [0.15, 0.2) is 22.7 Å². The fraction of sp³-hybridized carbons (Fsp3) is 0.462. The normalized spacial score (nSPS) is 12.1. The molecule has 0 saturated carbocycles. The number of aryl methyl sites for hydroxylation is 1. The lowest BCUT2D eigenvalue weighted by molar-refractivity contribution is 0.659. The predicted molar refractivity (Wildman–Crippen MR) is 74.5 cm³/mol. The number of halogens is 1. The Morgan fingerprint density at radius 1 is 1.50 bits per heavy atom. The van der Waals surface area contributed by atoms with Gasteiger partial charge >= 0.3 is 0 Å². The van der Waals surface area contributed by atoms with Gasteiger partial charge in [0.2, 0.25) is 0 Å². The molecular formula is C13H16BrNS. The van der Waals surface area contributed by atoms with E-state index in [-0.39, 0.29) is 0 Å². The summed E-state index contributed by atoms with van der Waals surface area (Å²) in [7, 11) is 0. The Morgan fingerprint density at radius 2 is 2.25 bits per heavy atom. The number of nitriles is 1. The first-order valence-electron chi connectivity index (χ1n) is 5.45. The van der Waals surface area contributed by atoms with Crippen molar-refractivity contribution in [2.75, 3.05) is 5.75 Å². The Balaban J connectivity index is 2.61. The molecular weight excluding hydrogens is 282 g/mol. The molecule has 1 aromatic rings. The second-order valence-electron chi connectivity index (χ2n) is 3.99. The van der Waals surface area contributed by atoms with Crippen LogP contribution in [0.1, 0.15) is 25.0 Å². The highest BCUT2D eigenvalue weighted by atomic mass is 79.9. The fourth-order valence-corrected chi connectivity index (χ4v) is 2.83. The van der Waals surface area contributed by atoms with Crippen molar-refractivity contribution in [1.82, 2.24) is 0 Å². The van der Waals surface area contributed by atoms with E-state index < -0.39 is 0 Å². The maximum Gasteiger partial charge on any atom is 0.133 e. The summed E-state index contributed by atoms with van der Waals surface area (Å²) in [5.74, 6) is 1.45. The Labute approximate surface area is 110 Å². The van der Waals surface area contributed by atoms with E-state index in [0.29, 0.717) is 5.92 Å². The maximum absolute atomic E-state index is 8.50. The van der Waals surface area contributed by atoms with Crippen molar-refractivity contribution in [2.24, 2.45) is 5.92 Å². The molecule has 0 aliphatic heterocycles. The van der Waals surface area contributed by atoms with Gasteiger partial charge in [0, 0.05) is 10.2 Å². The highest BCUT2D eigenvalue weighted by Crippen LogP contribution is 2.21. The zero-order valence-corrected chi connectivity index (χ0v) is 12.1. The summed E-state index contributed by atoms with van der Waals surface area (Å²) in [4.78, 5) is 0. The molecule has 0 amide bonds. The van der Waals surface area contributed by atoms with E-state index in [9.17, 15) is 0 Å². The second-order valence-corrected chi connectivity index (χ2v) is 5.65. The second kappa shape index (κ2) is 6.98. The summed E-state index contributed by atoms with van der Waals surface area (Å²) in [5.41, 5.74) is 2.69. The predicted octanol–water partition coefficient (Wildman–Crippen LogP) is 4.40. The quantitative estimate of drug-likeness (QED) is 0.752. The zero-order valence-electron chi connectivity index (χ0n) is 9.66. The Kier molecular flexibility index (Phi) is 5.94. The van der Waals surface area contributed by atoms with Crippen LogP contribution in [0.3, 0.4) is 0 Å². The molecule has 1 rings (SSSR count). The summed E-state index contributed by atoms with van der Waals surface area (Å²) < 4.78 is 1.20. The first kappa shape index (κ1) is 13.6. The summed E-state index contributed by atoms with van der Waals surface area (Å²) in [6, 6.07) is 6.58. The fourth-order valence-electron chi connectivity index (χ4n) is 1.65. The van der Waals surface area contributed by atoms with Gasteiger partial charge in [-0.1, -0.05) is 41.9 Å². The largest absolute Gasteiger partial charge is 0.185 e. The SMILES string of the molecule is CCc1ccc(CC(C)CSC#N)cc1Br. The smallest absolute Gasteiger partial charge is 0.133 e. The van der Waals surface area contributed by atoms with E-state index in [2.05, 4.69) is 53.4 Å². The van der Waals surface area contributed by atoms with Gasteiger partial charge in [-0.15, -0.1) is 0 Å². The lowest BCUT2D eigenvalue weighted by Gasteiger charge is -2.10. The van der Waals surface area contributed by atoms with Crippen LogP contribution in [0.4, 0.5) is 0 Å². The minimum atomic E-state index is 0.545. The standard InChI is InChI=1S/C13H16BrNS/c1-3-12-5-4-11(7-13(12)14)6-10(2)8-16-9-15/h4-5,7,10H,3,6,8H2,1-2H3. The van der Waals surface area contributed by atoms with Crippen molar-refractivity contribution >= 4 is 27.7 Å². The maximum atomic E-state index is 8.50. The monoisotopic (exact) mass is 297 g/mol. The van der Waals surface area contributed by atoms with E-state index in [1.165, 1.54) is 27.4 Å². The summed E-state index contributed by atoms with van der Waals surface area (Å²) in [6.45, 7) is 4.35. The molecule has 0 radical (unpaired) electrons. The number of rotatable bonds is 5. The molecule has 0 aliphatic carbocycles. The van der Waals surface area contributed by atoms with Gasteiger partial charge in [0.25, 0.3) is 0 Å². The molecule has 0 N–H and O–H groups in total. The Bertz CT molecular complexity index is 384. The van der Waals surface area contributed by atoms with Crippen LogP contribution in [0, 0.1) is 16.6 Å². The van der Waals surface area contributed by atoms with Crippen LogP contribution in [0.2, 0.25) is 0 Å². The van der Waals surface area contributed by atoms with Crippen molar-refractivity contribution in [3.63, 3.8) is 0 Å².